The Hall–Kier alpha value is -2.64. The van der Waals surface area contributed by atoms with Crippen molar-refractivity contribution in [2.75, 3.05) is 0 Å². The van der Waals surface area contributed by atoms with Crippen molar-refractivity contribution in [3.8, 4) is 0 Å². The molecule has 148 valence electrons. The van der Waals surface area contributed by atoms with Crippen molar-refractivity contribution in [2.24, 2.45) is 7.05 Å². The van der Waals surface area contributed by atoms with E-state index in [1.165, 1.54) is 9.13 Å². The van der Waals surface area contributed by atoms with Gasteiger partial charge in [-0.15, -0.1) is 0 Å². The first kappa shape index (κ1) is 19.7. The molecule has 0 radical (unpaired) electrons. The number of hydrogen-bond donors (Lipinski definition) is 0. The number of rotatable bonds is 5. The highest BCUT2D eigenvalue weighted by atomic mass is 79.9. The van der Waals surface area contributed by atoms with E-state index in [4.69, 9.17) is 11.6 Å². The van der Waals surface area contributed by atoms with Gasteiger partial charge in [-0.2, -0.15) is 0 Å². The average molecular weight is 474 g/mol. The molecule has 0 fully saturated rings. The highest BCUT2D eigenvalue weighted by Crippen LogP contribution is 2.22. The van der Waals surface area contributed by atoms with Gasteiger partial charge >= 0.3 is 5.69 Å². The summed E-state index contributed by atoms with van der Waals surface area (Å²) < 4.78 is 4.90. The quantitative estimate of drug-likeness (QED) is 0.416. The van der Waals surface area contributed by atoms with E-state index in [1.807, 2.05) is 48.5 Å². The molecule has 0 spiro atoms. The Morgan fingerprint density at radius 1 is 1.00 bits per heavy atom. The van der Waals surface area contributed by atoms with E-state index in [2.05, 4.69) is 20.9 Å². The predicted molar refractivity (Wildman–Crippen MR) is 118 cm³/mol. The molecule has 0 atom stereocenters. The third-order valence-corrected chi connectivity index (χ3v) is 5.91. The van der Waals surface area contributed by atoms with Crippen molar-refractivity contribution in [2.45, 2.75) is 19.5 Å². The summed E-state index contributed by atoms with van der Waals surface area (Å²) in [5, 5.41) is 0.607. The molecule has 2 aromatic heterocycles. The summed E-state index contributed by atoms with van der Waals surface area (Å²) in [5.41, 5.74) is 1.89. The van der Waals surface area contributed by atoms with Crippen LogP contribution in [0.5, 0.6) is 0 Å². The predicted octanol–water partition coefficient (Wildman–Crippen LogP) is 3.60. The SMILES string of the molecule is Cn1c(=O)n(CCc2ccccc2)c(=O)c2c1nc(Br)n2Cc1ccccc1Cl. The lowest BCUT2D eigenvalue weighted by atomic mass is 10.1. The Morgan fingerprint density at radius 2 is 1.69 bits per heavy atom. The van der Waals surface area contributed by atoms with Gasteiger partial charge in [-0.3, -0.25) is 13.9 Å². The van der Waals surface area contributed by atoms with Crippen LogP contribution < -0.4 is 11.2 Å². The molecule has 4 rings (SSSR count). The fourth-order valence-corrected chi connectivity index (χ4v) is 4.04. The minimum atomic E-state index is -0.381. The van der Waals surface area contributed by atoms with Gasteiger partial charge in [0.1, 0.15) is 0 Å². The van der Waals surface area contributed by atoms with Gasteiger partial charge in [0.05, 0.1) is 6.54 Å². The number of hydrogen-bond acceptors (Lipinski definition) is 3. The molecule has 2 heterocycles. The Labute approximate surface area is 180 Å². The highest BCUT2D eigenvalue weighted by Gasteiger charge is 2.19. The Kier molecular flexibility index (Phi) is 5.43. The van der Waals surface area contributed by atoms with Crippen molar-refractivity contribution in [1.29, 1.82) is 0 Å². The molecule has 2 aromatic carbocycles. The zero-order valence-electron chi connectivity index (χ0n) is 15.7. The van der Waals surface area contributed by atoms with Crippen LogP contribution in [0.4, 0.5) is 0 Å². The molecule has 0 aliphatic heterocycles. The minimum absolute atomic E-state index is 0.292. The van der Waals surface area contributed by atoms with E-state index in [0.29, 0.717) is 40.4 Å². The van der Waals surface area contributed by atoms with Crippen molar-refractivity contribution < 1.29 is 0 Å². The third-order valence-electron chi connectivity index (χ3n) is 4.94. The summed E-state index contributed by atoms with van der Waals surface area (Å²) in [4.78, 5) is 30.5. The number of halogens is 2. The Bertz CT molecular complexity index is 1310. The monoisotopic (exact) mass is 472 g/mol. The molecule has 0 saturated heterocycles. The summed E-state index contributed by atoms with van der Waals surface area (Å²) in [6.07, 6.45) is 0.585. The molecule has 8 heteroatoms. The second kappa shape index (κ2) is 8.00. The van der Waals surface area contributed by atoms with Crippen molar-refractivity contribution >= 4 is 38.7 Å². The lowest BCUT2D eigenvalue weighted by Crippen LogP contribution is -2.40. The second-order valence-corrected chi connectivity index (χ2v) is 7.88. The first-order chi connectivity index (χ1) is 14.0. The summed E-state index contributed by atoms with van der Waals surface area (Å²) >= 11 is 9.73. The normalized spacial score (nSPS) is 11.3. The maximum absolute atomic E-state index is 13.3. The van der Waals surface area contributed by atoms with Crippen LogP contribution in [0.2, 0.25) is 5.02 Å². The van der Waals surface area contributed by atoms with E-state index in [0.717, 1.165) is 11.1 Å². The van der Waals surface area contributed by atoms with Crippen LogP contribution in [0.15, 0.2) is 68.9 Å². The van der Waals surface area contributed by atoms with Gasteiger partial charge in [0.15, 0.2) is 15.9 Å². The largest absolute Gasteiger partial charge is 0.332 e. The molecule has 0 amide bonds. The van der Waals surface area contributed by atoms with Crippen LogP contribution >= 0.6 is 27.5 Å². The fraction of sp³-hybridized carbons (Fsp3) is 0.190. The van der Waals surface area contributed by atoms with Crippen molar-refractivity contribution in [3.05, 3.63) is 96.3 Å². The number of nitrogens with zero attached hydrogens (tertiary/aromatic N) is 4. The van der Waals surface area contributed by atoms with Crippen LogP contribution in [-0.2, 0) is 26.6 Å². The van der Waals surface area contributed by atoms with E-state index in [-0.39, 0.29) is 11.2 Å². The maximum atomic E-state index is 13.3. The lowest BCUT2D eigenvalue weighted by Gasteiger charge is -2.11. The smallest absolute Gasteiger partial charge is 0.308 e. The number of fused-ring (bicyclic) bond motifs is 1. The first-order valence-corrected chi connectivity index (χ1v) is 10.3. The topological polar surface area (TPSA) is 61.8 Å². The lowest BCUT2D eigenvalue weighted by molar-refractivity contribution is 0.600. The van der Waals surface area contributed by atoms with Crippen molar-refractivity contribution in [3.63, 3.8) is 0 Å². The number of benzene rings is 2. The van der Waals surface area contributed by atoms with E-state index < -0.39 is 0 Å². The van der Waals surface area contributed by atoms with Crippen LogP contribution in [0.3, 0.4) is 0 Å². The van der Waals surface area contributed by atoms with Crippen molar-refractivity contribution in [1.82, 2.24) is 18.7 Å². The minimum Gasteiger partial charge on any atom is -0.308 e. The maximum Gasteiger partial charge on any atom is 0.332 e. The molecule has 0 N–H and O–H groups in total. The molecule has 0 aliphatic carbocycles. The highest BCUT2D eigenvalue weighted by molar-refractivity contribution is 9.10. The van der Waals surface area contributed by atoms with Crippen LogP contribution in [0.1, 0.15) is 11.1 Å². The average Bonchev–Trinajstić information content (AvgIpc) is 3.05. The van der Waals surface area contributed by atoms with Gasteiger partial charge in [0.25, 0.3) is 5.56 Å². The van der Waals surface area contributed by atoms with Gasteiger partial charge in [-0.1, -0.05) is 60.1 Å². The van der Waals surface area contributed by atoms with Crippen LogP contribution in [-0.4, -0.2) is 18.7 Å². The zero-order chi connectivity index (χ0) is 20.5. The number of aromatic nitrogens is 4. The molecule has 0 unspecified atom stereocenters. The molecule has 29 heavy (non-hydrogen) atoms. The zero-order valence-corrected chi connectivity index (χ0v) is 18.0. The number of aryl methyl sites for hydroxylation is 2. The molecule has 6 nitrogen and oxygen atoms in total. The molecular weight excluding hydrogens is 456 g/mol. The summed E-state index contributed by atoms with van der Waals surface area (Å²) in [5.74, 6) is 0. The summed E-state index contributed by atoms with van der Waals surface area (Å²) in [7, 11) is 1.63. The van der Waals surface area contributed by atoms with Gasteiger partial charge in [0.2, 0.25) is 0 Å². The molecule has 0 aliphatic rings. The van der Waals surface area contributed by atoms with E-state index in [9.17, 15) is 9.59 Å². The van der Waals surface area contributed by atoms with E-state index in [1.54, 1.807) is 17.7 Å². The van der Waals surface area contributed by atoms with Gasteiger partial charge in [0, 0.05) is 18.6 Å². The van der Waals surface area contributed by atoms with Gasteiger partial charge in [-0.25, -0.2) is 9.78 Å². The van der Waals surface area contributed by atoms with Crippen LogP contribution in [0.25, 0.3) is 11.2 Å². The third kappa shape index (κ3) is 3.68. The molecule has 0 saturated carbocycles. The number of imidazole rings is 1. The van der Waals surface area contributed by atoms with Crippen LogP contribution in [0, 0.1) is 0 Å². The molecular formula is C21H18BrClN4O2. The van der Waals surface area contributed by atoms with Gasteiger partial charge < -0.3 is 4.57 Å². The summed E-state index contributed by atoms with van der Waals surface area (Å²) in [6.45, 7) is 0.656. The Morgan fingerprint density at radius 3 is 2.41 bits per heavy atom. The molecule has 4 aromatic rings. The second-order valence-electron chi connectivity index (χ2n) is 6.76. The fourth-order valence-electron chi connectivity index (χ4n) is 3.37. The molecule has 0 bridgehead atoms. The first-order valence-electron chi connectivity index (χ1n) is 9.10. The Balaban J connectivity index is 1.83. The standard InChI is InChI=1S/C21H18BrClN4O2/c1-25-18-17(27(20(22)24-18)13-15-9-5-6-10-16(15)23)19(28)26(21(25)29)12-11-14-7-3-2-4-8-14/h2-10H,11-13H2,1H3. The van der Waals surface area contributed by atoms with Gasteiger partial charge in [-0.05, 0) is 39.5 Å². The van der Waals surface area contributed by atoms with E-state index >= 15 is 0 Å². The summed E-state index contributed by atoms with van der Waals surface area (Å²) in [6, 6.07) is 17.2.